The highest BCUT2D eigenvalue weighted by Crippen LogP contribution is 2.31. The quantitative estimate of drug-likeness (QED) is 0.760. The van der Waals surface area contributed by atoms with Gasteiger partial charge in [-0.05, 0) is 24.6 Å². The zero-order valence-corrected chi connectivity index (χ0v) is 12.5. The topological polar surface area (TPSA) is 59.1 Å². The lowest BCUT2D eigenvalue weighted by Crippen LogP contribution is -2.07. The second-order valence-electron chi connectivity index (χ2n) is 4.77. The van der Waals surface area contributed by atoms with E-state index < -0.39 is 11.7 Å². The lowest BCUT2D eigenvalue weighted by Gasteiger charge is -2.11. The minimum atomic E-state index is -4.38. The van der Waals surface area contributed by atoms with E-state index in [9.17, 15) is 13.2 Å². The van der Waals surface area contributed by atoms with Gasteiger partial charge in [-0.25, -0.2) is 9.97 Å². The molecule has 1 aromatic heterocycles. The molecule has 0 atom stereocenters. The van der Waals surface area contributed by atoms with E-state index >= 15 is 0 Å². The second-order valence-corrected chi connectivity index (χ2v) is 4.77. The van der Waals surface area contributed by atoms with E-state index in [-0.39, 0.29) is 0 Å². The van der Waals surface area contributed by atoms with Crippen LogP contribution in [0, 0.1) is 0 Å². The van der Waals surface area contributed by atoms with E-state index in [1.807, 2.05) is 0 Å². The first-order valence-corrected chi connectivity index (χ1v) is 6.98. The second kappa shape index (κ2) is 7.77. The Bertz CT molecular complexity index is 634. The van der Waals surface area contributed by atoms with Crippen LogP contribution in [0.25, 0.3) is 0 Å². The molecule has 5 nitrogen and oxygen atoms in total. The van der Waals surface area contributed by atoms with E-state index in [0.717, 1.165) is 18.6 Å². The molecule has 0 radical (unpaired) electrons. The molecule has 0 fully saturated rings. The number of nitrogens with one attached hydrogen (secondary N) is 2. The predicted molar refractivity (Wildman–Crippen MR) is 81.7 cm³/mol. The summed E-state index contributed by atoms with van der Waals surface area (Å²) in [7, 11) is 1.63. The Labute approximate surface area is 131 Å². The van der Waals surface area contributed by atoms with Crippen molar-refractivity contribution in [1.29, 1.82) is 0 Å². The fourth-order valence-corrected chi connectivity index (χ4v) is 1.88. The minimum absolute atomic E-state index is 0.309. The normalized spacial score (nSPS) is 11.3. The molecule has 0 spiro atoms. The average molecular weight is 326 g/mol. The predicted octanol–water partition coefficient (Wildman–Crippen LogP) is 3.69. The van der Waals surface area contributed by atoms with Crippen molar-refractivity contribution in [3.8, 4) is 0 Å². The third kappa shape index (κ3) is 5.41. The summed E-state index contributed by atoms with van der Waals surface area (Å²) in [5.74, 6) is 0.999. The molecule has 1 aromatic carbocycles. The van der Waals surface area contributed by atoms with Gasteiger partial charge in [0.05, 0.1) is 5.56 Å². The van der Waals surface area contributed by atoms with Crippen LogP contribution in [-0.4, -0.2) is 30.2 Å². The van der Waals surface area contributed by atoms with Gasteiger partial charge >= 0.3 is 6.18 Å². The molecule has 0 aliphatic heterocycles. The van der Waals surface area contributed by atoms with Gasteiger partial charge < -0.3 is 15.4 Å². The number of alkyl halides is 3. The number of hydrogen-bond donors (Lipinski definition) is 2. The van der Waals surface area contributed by atoms with Gasteiger partial charge in [-0.3, -0.25) is 0 Å². The van der Waals surface area contributed by atoms with Crippen LogP contribution in [0.4, 0.5) is 30.5 Å². The largest absolute Gasteiger partial charge is 0.416 e. The highest BCUT2D eigenvalue weighted by Gasteiger charge is 2.30. The maximum atomic E-state index is 12.7. The molecule has 2 N–H and O–H groups in total. The number of ether oxygens (including phenoxy) is 1. The SMILES string of the molecule is COCCCNc1cc(Nc2cccc(C(F)(F)F)c2)ncn1. The number of benzene rings is 1. The molecule has 23 heavy (non-hydrogen) atoms. The number of anilines is 3. The molecule has 2 rings (SSSR count). The summed E-state index contributed by atoms with van der Waals surface area (Å²) in [4.78, 5) is 8.06. The van der Waals surface area contributed by atoms with Crippen molar-refractivity contribution >= 4 is 17.3 Å². The van der Waals surface area contributed by atoms with Crippen molar-refractivity contribution < 1.29 is 17.9 Å². The fraction of sp³-hybridized carbons (Fsp3) is 0.333. The average Bonchev–Trinajstić information content (AvgIpc) is 2.51. The first-order valence-electron chi connectivity index (χ1n) is 6.98. The molecule has 0 saturated carbocycles. The standard InChI is InChI=1S/C15H17F3N4O/c1-23-7-3-6-19-13-9-14(21-10-20-13)22-12-5-2-4-11(8-12)15(16,17)18/h2,4-5,8-10H,3,6-7H2,1H3,(H2,19,20,21,22). The van der Waals surface area contributed by atoms with Gasteiger partial charge in [0, 0.05) is 32.0 Å². The van der Waals surface area contributed by atoms with E-state index in [1.54, 1.807) is 19.2 Å². The third-order valence-electron chi connectivity index (χ3n) is 2.96. The van der Waals surface area contributed by atoms with Gasteiger partial charge in [-0.1, -0.05) is 6.07 Å². The summed E-state index contributed by atoms with van der Waals surface area (Å²) < 4.78 is 43.0. The Kier molecular flexibility index (Phi) is 5.75. The maximum absolute atomic E-state index is 12.7. The first kappa shape index (κ1) is 17.0. The molecular formula is C15H17F3N4O. The van der Waals surface area contributed by atoms with Crippen LogP contribution in [-0.2, 0) is 10.9 Å². The number of nitrogens with zero attached hydrogens (tertiary/aromatic N) is 2. The number of halogens is 3. The Balaban J connectivity index is 2.03. The zero-order chi connectivity index (χ0) is 16.7. The van der Waals surface area contributed by atoms with Crippen LogP contribution < -0.4 is 10.6 Å². The molecule has 0 unspecified atom stereocenters. The van der Waals surface area contributed by atoms with Crippen molar-refractivity contribution in [3.63, 3.8) is 0 Å². The fourth-order valence-electron chi connectivity index (χ4n) is 1.88. The Morgan fingerprint density at radius 2 is 1.91 bits per heavy atom. The van der Waals surface area contributed by atoms with Crippen LogP contribution in [0.5, 0.6) is 0 Å². The van der Waals surface area contributed by atoms with E-state index in [4.69, 9.17) is 4.74 Å². The van der Waals surface area contributed by atoms with Crippen LogP contribution in [0.15, 0.2) is 36.7 Å². The van der Waals surface area contributed by atoms with Crippen molar-refractivity contribution in [1.82, 2.24) is 9.97 Å². The molecule has 0 amide bonds. The zero-order valence-electron chi connectivity index (χ0n) is 12.5. The summed E-state index contributed by atoms with van der Waals surface area (Å²) in [6.07, 6.45) is -2.22. The lowest BCUT2D eigenvalue weighted by atomic mass is 10.2. The molecule has 0 bridgehead atoms. The van der Waals surface area contributed by atoms with Crippen molar-refractivity contribution in [3.05, 3.63) is 42.2 Å². The molecular weight excluding hydrogens is 309 g/mol. The number of rotatable bonds is 7. The van der Waals surface area contributed by atoms with Crippen LogP contribution in [0.2, 0.25) is 0 Å². The summed E-state index contributed by atoms with van der Waals surface area (Å²) in [5.41, 5.74) is -0.404. The van der Waals surface area contributed by atoms with Crippen molar-refractivity contribution in [2.75, 3.05) is 30.9 Å². The number of methoxy groups -OCH3 is 1. The Morgan fingerprint density at radius 1 is 1.13 bits per heavy atom. The van der Waals surface area contributed by atoms with Crippen molar-refractivity contribution in [2.24, 2.45) is 0 Å². The summed E-state index contributed by atoms with van der Waals surface area (Å²) >= 11 is 0. The number of aromatic nitrogens is 2. The van der Waals surface area contributed by atoms with Gasteiger partial charge in [0.15, 0.2) is 0 Å². The Hall–Kier alpha value is -2.35. The van der Waals surface area contributed by atoms with E-state index in [1.165, 1.54) is 12.4 Å². The summed E-state index contributed by atoms with van der Waals surface area (Å²) in [5, 5.41) is 5.93. The summed E-state index contributed by atoms with van der Waals surface area (Å²) in [6.45, 7) is 1.31. The molecule has 0 aliphatic rings. The molecule has 8 heteroatoms. The van der Waals surface area contributed by atoms with Crippen LogP contribution in [0.1, 0.15) is 12.0 Å². The summed E-state index contributed by atoms with van der Waals surface area (Å²) in [6, 6.07) is 6.58. The minimum Gasteiger partial charge on any atom is -0.385 e. The van der Waals surface area contributed by atoms with Gasteiger partial charge in [0.1, 0.15) is 18.0 Å². The van der Waals surface area contributed by atoms with Gasteiger partial charge in [-0.2, -0.15) is 13.2 Å². The highest BCUT2D eigenvalue weighted by atomic mass is 19.4. The maximum Gasteiger partial charge on any atom is 0.416 e. The molecule has 124 valence electrons. The van der Waals surface area contributed by atoms with E-state index in [2.05, 4.69) is 20.6 Å². The smallest absolute Gasteiger partial charge is 0.385 e. The molecule has 2 aromatic rings. The van der Waals surface area contributed by atoms with Gasteiger partial charge in [0.2, 0.25) is 0 Å². The highest BCUT2D eigenvalue weighted by molar-refractivity contribution is 5.59. The third-order valence-corrected chi connectivity index (χ3v) is 2.96. The molecule has 0 aliphatic carbocycles. The lowest BCUT2D eigenvalue weighted by molar-refractivity contribution is -0.137. The molecule has 1 heterocycles. The molecule has 0 saturated heterocycles. The Morgan fingerprint density at radius 3 is 2.65 bits per heavy atom. The first-order chi connectivity index (χ1) is 11.0. The monoisotopic (exact) mass is 326 g/mol. The van der Waals surface area contributed by atoms with Crippen LogP contribution in [0.3, 0.4) is 0 Å². The van der Waals surface area contributed by atoms with Gasteiger partial charge in [0.25, 0.3) is 0 Å². The van der Waals surface area contributed by atoms with E-state index in [0.29, 0.717) is 30.5 Å². The van der Waals surface area contributed by atoms with Crippen LogP contribution >= 0.6 is 0 Å². The number of hydrogen-bond acceptors (Lipinski definition) is 5. The van der Waals surface area contributed by atoms with Gasteiger partial charge in [-0.15, -0.1) is 0 Å². The van der Waals surface area contributed by atoms with Crippen molar-refractivity contribution in [2.45, 2.75) is 12.6 Å².